The number of benzene rings is 2. The summed E-state index contributed by atoms with van der Waals surface area (Å²) in [5, 5.41) is 14.5. The van der Waals surface area contributed by atoms with Crippen molar-refractivity contribution in [2.45, 2.75) is 43.7 Å². The molecular formula is C26H33Cl4N3O4S. The number of hydrogen-bond donors (Lipinski definition) is 2. The second-order valence-corrected chi connectivity index (χ2v) is 13.6. The summed E-state index contributed by atoms with van der Waals surface area (Å²) in [4.78, 5) is 16.1. The fraction of sp³-hybridized carbons (Fsp3) is 0.500. The number of aliphatic hydroxyl groups excluding tert-OH is 1. The molecule has 2 atom stereocenters. The molecule has 2 aromatic rings. The van der Waals surface area contributed by atoms with Crippen molar-refractivity contribution in [1.82, 2.24) is 14.5 Å². The first-order chi connectivity index (χ1) is 17.8. The molecule has 1 saturated heterocycles. The van der Waals surface area contributed by atoms with Gasteiger partial charge in [0, 0.05) is 13.1 Å². The third-order valence-corrected chi connectivity index (χ3v) is 10.2. The number of hydrogen-bond acceptors (Lipinski definition) is 5. The third kappa shape index (κ3) is 7.55. The zero-order valence-corrected chi connectivity index (χ0v) is 25.4. The van der Waals surface area contributed by atoms with Gasteiger partial charge in [0.25, 0.3) is 0 Å². The van der Waals surface area contributed by atoms with Gasteiger partial charge in [-0.25, -0.2) is 12.7 Å². The molecule has 1 aliphatic heterocycles. The van der Waals surface area contributed by atoms with Crippen LogP contribution in [0.15, 0.2) is 36.4 Å². The lowest BCUT2D eigenvalue weighted by atomic mass is 9.78. The van der Waals surface area contributed by atoms with Crippen LogP contribution in [-0.4, -0.2) is 74.2 Å². The molecule has 1 heterocycles. The summed E-state index contributed by atoms with van der Waals surface area (Å²) in [5.74, 6) is -0.285. The maximum absolute atomic E-state index is 13.8. The van der Waals surface area contributed by atoms with E-state index < -0.39 is 21.5 Å². The number of amides is 1. The summed E-state index contributed by atoms with van der Waals surface area (Å²) in [7, 11) is -1.63. The lowest BCUT2D eigenvalue weighted by Crippen LogP contribution is -2.48. The first-order valence-electron chi connectivity index (χ1n) is 12.2. The Balaban J connectivity index is 1.79. The van der Waals surface area contributed by atoms with Gasteiger partial charge in [-0.15, -0.1) is 0 Å². The molecule has 0 aromatic heterocycles. The molecule has 1 amide bonds. The highest BCUT2D eigenvalue weighted by Gasteiger charge is 2.38. The molecule has 2 aromatic carbocycles. The number of likely N-dealkylation sites (tertiary alicyclic amines) is 1. The Hall–Kier alpha value is -1.10. The first-order valence-corrected chi connectivity index (χ1v) is 15.6. The van der Waals surface area contributed by atoms with Gasteiger partial charge in [-0.1, -0.05) is 58.5 Å². The van der Waals surface area contributed by atoms with E-state index in [0.29, 0.717) is 70.1 Å². The predicted molar refractivity (Wildman–Crippen MR) is 155 cm³/mol. The van der Waals surface area contributed by atoms with E-state index in [1.165, 1.54) is 10.6 Å². The maximum Gasteiger partial charge on any atom is 0.230 e. The minimum Gasteiger partial charge on any atom is -0.394 e. The molecule has 1 aliphatic rings. The number of halogens is 4. The molecule has 1 fully saturated rings. The third-order valence-electron chi connectivity index (χ3n) is 7.41. The molecule has 210 valence electrons. The molecular weight excluding hydrogens is 592 g/mol. The maximum atomic E-state index is 13.8. The summed E-state index contributed by atoms with van der Waals surface area (Å²) < 4.78 is 25.3. The summed E-state index contributed by atoms with van der Waals surface area (Å²) in [6.07, 6.45) is 3.10. The van der Waals surface area contributed by atoms with Crippen LogP contribution in [0, 0.1) is 0 Å². The lowest BCUT2D eigenvalue weighted by Gasteiger charge is -2.38. The second-order valence-electron chi connectivity index (χ2n) is 9.95. The van der Waals surface area contributed by atoms with Crippen LogP contribution in [0.4, 0.5) is 0 Å². The van der Waals surface area contributed by atoms with Gasteiger partial charge in [0.15, 0.2) is 0 Å². The molecule has 0 aliphatic carbocycles. The zero-order chi connectivity index (χ0) is 28.3. The van der Waals surface area contributed by atoms with Crippen LogP contribution in [-0.2, 0) is 20.2 Å². The molecule has 0 radical (unpaired) electrons. The van der Waals surface area contributed by atoms with E-state index in [2.05, 4.69) is 10.2 Å². The van der Waals surface area contributed by atoms with Crippen molar-refractivity contribution in [2.24, 2.45) is 0 Å². The minimum absolute atomic E-state index is 0.0393. The fourth-order valence-corrected chi connectivity index (χ4v) is 6.03. The topological polar surface area (TPSA) is 89.9 Å². The van der Waals surface area contributed by atoms with Crippen molar-refractivity contribution in [2.75, 3.05) is 39.5 Å². The van der Waals surface area contributed by atoms with Crippen LogP contribution in [0.1, 0.15) is 43.4 Å². The summed E-state index contributed by atoms with van der Waals surface area (Å²) in [5.41, 5.74) is 0.323. The van der Waals surface area contributed by atoms with E-state index in [4.69, 9.17) is 46.4 Å². The first kappa shape index (κ1) is 31.4. The van der Waals surface area contributed by atoms with Crippen LogP contribution < -0.4 is 5.32 Å². The van der Waals surface area contributed by atoms with E-state index in [1.54, 1.807) is 43.4 Å². The van der Waals surface area contributed by atoms with E-state index in [9.17, 15) is 18.3 Å². The zero-order valence-electron chi connectivity index (χ0n) is 21.6. The summed E-state index contributed by atoms with van der Waals surface area (Å²) in [6.45, 7) is 3.55. The van der Waals surface area contributed by atoms with Crippen LogP contribution in [0.25, 0.3) is 0 Å². The van der Waals surface area contributed by atoms with E-state index in [0.717, 1.165) is 0 Å². The number of aliphatic hydroxyl groups is 1. The van der Waals surface area contributed by atoms with Gasteiger partial charge in [-0.2, -0.15) is 0 Å². The van der Waals surface area contributed by atoms with Crippen LogP contribution in [0.2, 0.25) is 20.1 Å². The standard InChI is InChI=1S/C26H33Cl4N3O4S/c1-26(18-5-7-21(28)23(30)15-18,10-13-33-11-8-19(9-12-33)32(2)38(3,36)37)25(35)31-24(16-34)17-4-6-20(27)22(29)14-17/h4-7,14-15,19,24,34H,8-13,16H2,1-3H3,(H,31,35)/t24-,26?/m1/s1. The molecule has 0 saturated carbocycles. The van der Waals surface area contributed by atoms with Crippen LogP contribution in [0.3, 0.4) is 0 Å². The van der Waals surface area contributed by atoms with Gasteiger partial charge in [0.05, 0.1) is 44.4 Å². The molecule has 0 bridgehead atoms. The Bertz CT molecular complexity index is 1260. The minimum atomic E-state index is -3.25. The van der Waals surface area contributed by atoms with Crippen molar-refractivity contribution in [3.05, 3.63) is 67.6 Å². The van der Waals surface area contributed by atoms with Gasteiger partial charge >= 0.3 is 0 Å². The number of carbonyl (C=O) groups is 1. The normalized spacial score (nSPS) is 17.8. The van der Waals surface area contributed by atoms with Crippen molar-refractivity contribution in [3.8, 4) is 0 Å². The fourth-order valence-electron chi connectivity index (χ4n) is 4.67. The quantitative estimate of drug-likeness (QED) is 0.381. The van der Waals surface area contributed by atoms with Gasteiger partial charge in [-0.3, -0.25) is 4.79 Å². The van der Waals surface area contributed by atoms with Gasteiger partial charge in [0.1, 0.15) is 0 Å². The molecule has 12 heteroatoms. The highest BCUT2D eigenvalue weighted by atomic mass is 35.5. The van der Waals surface area contributed by atoms with Crippen molar-refractivity contribution < 1.29 is 18.3 Å². The Kier molecular flexibility index (Phi) is 10.8. The number of carbonyl (C=O) groups excluding carboxylic acids is 1. The van der Waals surface area contributed by atoms with Gasteiger partial charge in [0.2, 0.25) is 15.9 Å². The van der Waals surface area contributed by atoms with E-state index in [1.807, 2.05) is 6.92 Å². The SMILES string of the molecule is CN(C1CCN(CCC(C)(C(=O)N[C@H](CO)c2ccc(Cl)c(Cl)c2)c2ccc(Cl)c(Cl)c2)CC1)S(C)(=O)=O. The van der Waals surface area contributed by atoms with Crippen LogP contribution >= 0.6 is 46.4 Å². The summed E-state index contributed by atoms with van der Waals surface area (Å²) >= 11 is 24.7. The molecule has 0 spiro atoms. The van der Waals surface area contributed by atoms with E-state index in [-0.39, 0.29) is 18.6 Å². The second kappa shape index (κ2) is 13.0. The Morgan fingerprint density at radius 1 is 1.08 bits per heavy atom. The Morgan fingerprint density at radius 3 is 2.18 bits per heavy atom. The average Bonchev–Trinajstić information content (AvgIpc) is 2.88. The van der Waals surface area contributed by atoms with Crippen molar-refractivity contribution in [1.29, 1.82) is 0 Å². The van der Waals surface area contributed by atoms with Crippen molar-refractivity contribution >= 4 is 62.3 Å². The number of rotatable bonds is 10. The monoisotopic (exact) mass is 623 g/mol. The molecule has 2 N–H and O–H groups in total. The molecule has 3 rings (SSSR count). The predicted octanol–water partition coefficient (Wildman–Crippen LogP) is 5.15. The number of nitrogens with zero attached hydrogens (tertiary/aromatic N) is 2. The van der Waals surface area contributed by atoms with E-state index >= 15 is 0 Å². The number of nitrogens with one attached hydrogen (secondary N) is 1. The molecule has 1 unspecified atom stereocenters. The Morgan fingerprint density at radius 2 is 1.66 bits per heavy atom. The lowest BCUT2D eigenvalue weighted by molar-refractivity contribution is -0.127. The van der Waals surface area contributed by atoms with Crippen molar-refractivity contribution in [3.63, 3.8) is 0 Å². The number of sulfonamides is 1. The van der Waals surface area contributed by atoms with Gasteiger partial charge < -0.3 is 15.3 Å². The summed E-state index contributed by atoms with van der Waals surface area (Å²) in [6, 6.07) is 9.38. The largest absolute Gasteiger partial charge is 0.394 e. The molecule has 38 heavy (non-hydrogen) atoms. The average molecular weight is 625 g/mol. The smallest absolute Gasteiger partial charge is 0.230 e. The highest BCUT2D eigenvalue weighted by molar-refractivity contribution is 7.88. The van der Waals surface area contributed by atoms with Gasteiger partial charge in [-0.05, 0) is 81.2 Å². The Labute approximate surface area is 245 Å². The number of piperidine rings is 1. The van der Waals surface area contributed by atoms with Crippen LogP contribution in [0.5, 0.6) is 0 Å². The highest BCUT2D eigenvalue weighted by Crippen LogP contribution is 2.35. The molecule has 7 nitrogen and oxygen atoms in total.